The number of benzene rings is 2. The summed E-state index contributed by atoms with van der Waals surface area (Å²) in [6.07, 6.45) is 0. The second-order valence-corrected chi connectivity index (χ2v) is 8.10. The number of hydrogen-bond acceptors (Lipinski definition) is 3. The number of sulfonamides is 1. The fourth-order valence-electron chi connectivity index (χ4n) is 2.02. The highest BCUT2D eigenvalue weighted by atomic mass is 79.9. The number of aliphatic carboxylic acids is 1. The fourth-order valence-corrected chi connectivity index (χ4v) is 3.34. The van der Waals surface area contributed by atoms with E-state index in [1.165, 1.54) is 0 Å². The molecule has 0 spiro atoms. The van der Waals surface area contributed by atoms with Gasteiger partial charge in [0.25, 0.3) is 0 Å². The third-order valence-corrected chi connectivity index (χ3v) is 5.51. The number of carboxylic acid groups (broad SMARTS) is 1. The lowest BCUT2D eigenvalue weighted by Gasteiger charge is -2.16. The Bertz CT molecular complexity index is 849. The number of rotatable bonds is 5. The van der Waals surface area contributed by atoms with Gasteiger partial charge in [0, 0.05) is 10.0 Å². The van der Waals surface area contributed by atoms with E-state index in [-0.39, 0.29) is 0 Å². The normalized spacial score (nSPS) is 12.7. The Kier molecular flexibility index (Phi) is 5.11. The molecule has 5 nitrogen and oxygen atoms in total. The minimum Gasteiger partial charge on any atom is -0.480 e. The van der Waals surface area contributed by atoms with Crippen molar-refractivity contribution in [3.63, 3.8) is 0 Å². The van der Waals surface area contributed by atoms with E-state index in [0.29, 0.717) is 11.3 Å². The molecule has 1 unspecified atom stereocenters. The average Bonchev–Trinajstić information content (AvgIpc) is 2.48. The lowest BCUT2D eigenvalue weighted by atomic mass is 10.0. The van der Waals surface area contributed by atoms with Crippen LogP contribution in [0, 0.1) is 6.92 Å². The third kappa shape index (κ3) is 4.11. The number of hydrogen-bond donors (Lipinski definition) is 2. The average molecular weight is 398 g/mol. The van der Waals surface area contributed by atoms with Gasteiger partial charge in [-0.1, -0.05) is 39.7 Å². The standard InChI is InChI=1S/C16H16BrNO4S/c1-10-6-7-15(18-23(21,22)11(2)16(19)20)14(8-10)12-4-3-5-13(17)9-12/h3-9,11,18H,1-2H3,(H,19,20). The molecular weight excluding hydrogens is 382 g/mol. The number of anilines is 1. The van der Waals surface area contributed by atoms with Crippen molar-refractivity contribution in [2.45, 2.75) is 19.1 Å². The lowest BCUT2D eigenvalue weighted by Crippen LogP contribution is -2.32. The lowest BCUT2D eigenvalue weighted by molar-refractivity contribution is -0.136. The van der Waals surface area contributed by atoms with Crippen LogP contribution in [0.1, 0.15) is 12.5 Å². The summed E-state index contributed by atoms with van der Waals surface area (Å²) in [4.78, 5) is 11.0. The summed E-state index contributed by atoms with van der Waals surface area (Å²) < 4.78 is 27.6. The highest BCUT2D eigenvalue weighted by molar-refractivity contribution is 9.10. The maximum atomic E-state index is 12.2. The number of nitrogens with one attached hydrogen (secondary N) is 1. The molecule has 2 aromatic rings. The molecule has 2 aromatic carbocycles. The molecule has 1 atom stereocenters. The van der Waals surface area contributed by atoms with E-state index in [4.69, 9.17) is 5.11 Å². The van der Waals surface area contributed by atoms with E-state index in [1.54, 1.807) is 12.1 Å². The van der Waals surface area contributed by atoms with Gasteiger partial charge in [-0.05, 0) is 43.7 Å². The number of aryl methyl sites for hydroxylation is 1. The van der Waals surface area contributed by atoms with E-state index in [0.717, 1.165) is 22.5 Å². The largest absolute Gasteiger partial charge is 0.480 e. The second kappa shape index (κ2) is 6.72. The summed E-state index contributed by atoms with van der Waals surface area (Å²) in [7, 11) is -4.03. The monoisotopic (exact) mass is 397 g/mol. The minimum absolute atomic E-state index is 0.349. The minimum atomic E-state index is -4.03. The molecule has 0 aromatic heterocycles. The van der Waals surface area contributed by atoms with Crippen molar-refractivity contribution < 1.29 is 18.3 Å². The first-order valence-corrected chi connectivity index (χ1v) is 9.15. The van der Waals surface area contributed by atoms with E-state index in [9.17, 15) is 13.2 Å². The summed E-state index contributed by atoms with van der Waals surface area (Å²) >= 11 is 3.39. The summed E-state index contributed by atoms with van der Waals surface area (Å²) in [5, 5.41) is 7.39. The smallest absolute Gasteiger partial charge is 0.323 e. The van der Waals surface area contributed by atoms with Crippen LogP contribution in [0.4, 0.5) is 5.69 Å². The van der Waals surface area contributed by atoms with Crippen molar-refractivity contribution in [3.05, 3.63) is 52.5 Å². The van der Waals surface area contributed by atoms with Gasteiger partial charge in [0.1, 0.15) is 0 Å². The van der Waals surface area contributed by atoms with E-state index < -0.39 is 21.2 Å². The molecule has 2 rings (SSSR count). The topological polar surface area (TPSA) is 83.5 Å². The summed E-state index contributed by atoms with van der Waals surface area (Å²) in [6, 6.07) is 12.7. The molecule has 7 heteroatoms. The van der Waals surface area contributed by atoms with E-state index >= 15 is 0 Å². The predicted octanol–water partition coefficient (Wildman–Crippen LogP) is 3.64. The summed E-state index contributed by atoms with van der Waals surface area (Å²) in [6.45, 7) is 3.04. The molecule has 0 bridgehead atoms. The maximum Gasteiger partial charge on any atom is 0.323 e. The van der Waals surface area contributed by atoms with Crippen LogP contribution in [-0.4, -0.2) is 24.7 Å². The molecule has 0 amide bonds. The molecule has 23 heavy (non-hydrogen) atoms. The van der Waals surface area contributed by atoms with Gasteiger partial charge in [0.05, 0.1) is 5.69 Å². The molecule has 0 fully saturated rings. The first-order valence-electron chi connectivity index (χ1n) is 6.82. The molecular formula is C16H16BrNO4S. The molecule has 0 saturated heterocycles. The Hall–Kier alpha value is -1.86. The zero-order valence-corrected chi connectivity index (χ0v) is 15.0. The van der Waals surface area contributed by atoms with Gasteiger partial charge in [0.15, 0.2) is 5.25 Å². The summed E-state index contributed by atoms with van der Waals surface area (Å²) in [5.41, 5.74) is 2.83. The molecule has 0 saturated carbocycles. The van der Waals surface area contributed by atoms with Crippen molar-refractivity contribution in [2.75, 3.05) is 4.72 Å². The van der Waals surface area contributed by atoms with Gasteiger partial charge >= 0.3 is 5.97 Å². The maximum absolute atomic E-state index is 12.2. The Labute approximate surface area is 143 Å². The van der Waals surface area contributed by atoms with Crippen LogP contribution >= 0.6 is 15.9 Å². The van der Waals surface area contributed by atoms with Gasteiger partial charge in [-0.25, -0.2) is 8.42 Å². The van der Waals surface area contributed by atoms with Gasteiger partial charge in [-0.15, -0.1) is 0 Å². The number of carbonyl (C=O) groups is 1. The molecule has 0 aliphatic heterocycles. The molecule has 0 aliphatic rings. The van der Waals surface area contributed by atoms with E-state index in [1.807, 2.05) is 37.3 Å². The van der Waals surface area contributed by atoms with Crippen LogP contribution in [0.25, 0.3) is 11.1 Å². The predicted molar refractivity (Wildman–Crippen MR) is 94.0 cm³/mol. The van der Waals surface area contributed by atoms with Gasteiger partial charge in [-0.3, -0.25) is 9.52 Å². The second-order valence-electron chi connectivity index (χ2n) is 5.19. The zero-order valence-electron chi connectivity index (χ0n) is 12.6. The van der Waals surface area contributed by atoms with Crippen LogP contribution < -0.4 is 4.72 Å². The Balaban J connectivity index is 2.50. The Morgan fingerprint density at radius 1 is 1.22 bits per heavy atom. The van der Waals surface area contributed by atoms with Crippen LogP contribution in [-0.2, 0) is 14.8 Å². The molecule has 0 heterocycles. The van der Waals surface area contributed by atoms with Gasteiger partial charge < -0.3 is 5.11 Å². The summed E-state index contributed by atoms with van der Waals surface area (Å²) in [5.74, 6) is -1.39. The zero-order chi connectivity index (χ0) is 17.2. The van der Waals surface area contributed by atoms with Crippen LogP contribution in [0.5, 0.6) is 0 Å². The van der Waals surface area contributed by atoms with Crippen molar-refractivity contribution in [1.29, 1.82) is 0 Å². The molecule has 0 aliphatic carbocycles. The molecule has 122 valence electrons. The van der Waals surface area contributed by atoms with Crippen LogP contribution in [0.15, 0.2) is 46.9 Å². The van der Waals surface area contributed by atoms with Gasteiger partial charge in [0.2, 0.25) is 10.0 Å². The third-order valence-electron chi connectivity index (χ3n) is 3.38. The van der Waals surface area contributed by atoms with Crippen molar-refractivity contribution in [3.8, 4) is 11.1 Å². The Morgan fingerprint density at radius 2 is 1.91 bits per heavy atom. The SMILES string of the molecule is Cc1ccc(NS(=O)(=O)C(C)C(=O)O)c(-c2cccc(Br)c2)c1. The van der Waals surface area contributed by atoms with Crippen molar-refractivity contribution in [2.24, 2.45) is 0 Å². The Morgan fingerprint density at radius 3 is 2.52 bits per heavy atom. The van der Waals surface area contributed by atoms with E-state index in [2.05, 4.69) is 20.7 Å². The highest BCUT2D eigenvalue weighted by Gasteiger charge is 2.28. The molecule has 0 radical (unpaired) electrons. The highest BCUT2D eigenvalue weighted by Crippen LogP contribution is 2.31. The van der Waals surface area contributed by atoms with Crippen molar-refractivity contribution in [1.82, 2.24) is 0 Å². The number of halogens is 1. The quantitative estimate of drug-likeness (QED) is 0.806. The van der Waals surface area contributed by atoms with Gasteiger partial charge in [-0.2, -0.15) is 0 Å². The van der Waals surface area contributed by atoms with Crippen LogP contribution in [0.2, 0.25) is 0 Å². The van der Waals surface area contributed by atoms with Crippen molar-refractivity contribution >= 4 is 37.6 Å². The first kappa shape index (κ1) is 17.5. The molecule has 2 N–H and O–H groups in total. The fraction of sp³-hybridized carbons (Fsp3) is 0.188. The number of carboxylic acids is 1. The van der Waals surface area contributed by atoms with Crippen LogP contribution in [0.3, 0.4) is 0 Å². The first-order chi connectivity index (χ1) is 10.7.